The zero-order valence-corrected chi connectivity index (χ0v) is 16.7. The van der Waals surface area contributed by atoms with Crippen molar-refractivity contribution in [3.8, 4) is 17.2 Å². The van der Waals surface area contributed by atoms with E-state index in [-0.39, 0.29) is 17.8 Å². The lowest BCUT2D eigenvalue weighted by Gasteiger charge is -2.30. The summed E-state index contributed by atoms with van der Waals surface area (Å²) in [7, 11) is 0. The Hall–Kier alpha value is -3.42. The number of hydrogen-bond donors (Lipinski definition) is 1. The number of anilines is 1. The Morgan fingerprint density at radius 2 is 1.83 bits per heavy atom. The average Bonchev–Trinajstić information content (AvgIpc) is 3.26. The van der Waals surface area contributed by atoms with E-state index in [1.54, 1.807) is 17.0 Å². The van der Waals surface area contributed by atoms with E-state index in [1.165, 1.54) is 12.1 Å². The SMILES string of the molecule is CCOc1ccc(NC(=O)N2CCC(c3nnc(-c4ccc(F)cc4)o3)CC2)cc1. The van der Waals surface area contributed by atoms with Crippen LogP contribution < -0.4 is 10.1 Å². The van der Waals surface area contributed by atoms with Crippen LogP contribution in [0.1, 0.15) is 31.6 Å². The summed E-state index contributed by atoms with van der Waals surface area (Å²) in [4.78, 5) is 14.3. The third-order valence-electron chi connectivity index (χ3n) is 5.08. The summed E-state index contributed by atoms with van der Waals surface area (Å²) in [6.07, 6.45) is 1.48. The molecule has 0 unspecified atom stereocenters. The maximum Gasteiger partial charge on any atom is 0.321 e. The summed E-state index contributed by atoms with van der Waals surface area (Å²) >= 11 is 0. The average molecular weight is 410 g/mol. The minimum atomic E-state index is -0.311. The van der Waals surface area contributed by atoms with E-state index < -0.39 is 0 Å². The van der Waals surface area contributed by atoms with Crippen molar-refractivity contribution < 1.29 is 18.3 Å². The first kappa shape index (κ1) is 19.9. The van der Waals surface area contributed by atoms with E-state index in [2.05, 4.69) is 15.5 Å². The van der Waals surface area contributed by atoms with Gasteiger partial charge in [-0.25, -0.2) is 9.18 Å². The largest absolute Gasteiger partial charge is 0.494 e. The van der Waals surface area contributed by atoms with Crippen molar-refractivity contribution in [3.63, 3.8) is 0 Å². The molecule has 1 N–H and O–H groups in total. The lowest BCUT2D eigenvalue weighted by Crippen LogP contribution is -2.40. The monoisotopic (exact) mass is 410 g/mol. The third-order valence-corrected chi connectivity index (χ3v) is 5.08. The standard InChI is InChI=1S/C22H23FN4O3/c1-2-29-19-9-7-18(8-10-19)24-22(28)27-13-11-16(12-14-27)21-26-25-20(30-21)15-3-5-17(23)6-4-15/h3-10,16H,2,11-14H2,1H3,(H,24,28). The Morgan fingerprint density at radius 3 is 2.50 bits per heavy atom. The van der Waals surface area contributed by atoms with Crippen LogP contribution in [0.4, 0.5) is 14.9 Å². The Kier molecular flexibility index (Phi) is 5.92. The Balaban J connectivity index is 1.31. The van der Waals surface area contributed by atoms with Gasteiger partial charge in [0, 0.05) is 30.3 Å². The molecule has 7 nitrogen and oxygen atoms in total. The first-order chi connectivity index (χ1) is 14.6. The van der Waals surface area contributed by atoms with E-state index >= 15 is 0 Å². The molecule has 2 heterocycles. The number of carbonyl (C=O) groups is 1. The zero-order chi connectivity index (χ0) is 20.9. The predicted molar refractivity (Wildman–Crippen MR) is 110 cm³/mol. The highest BCUT2D eigenvalue weighted by Gasteiger charge is 2.27. The normalized spacial score (nSPS) is 14.5. The van der Waals surface area contributed by atoms with Crippen molar-refractivity contribution in [2.24, 2.45) is 0 Å². The summed E-state index contributed by atoms with van der Waals surface area (Å²) in [5, 5.41) is 11.2. The second-order valence-corrected chi connectivity index (χ2v) is 7.10. The van der Waals surface area contributed by atoms with Crippen molar-refractivity contribution in [3.05, 3.63) is 60.2 Å². The molecule has 156 valence electrons. The molecule has 4 rings (SSSR count). The number of carbonyl (C=O) groups excluding carboxylic acids is 1. The number of hydrogen-bond acceptors (Lipinski definition) is 5. The van der Waals surface area contributed by atoms with E-state index in [0.29, 0.717) is 37.0 Å². The van der Waals surface area contributed by atoms with Crippen LogP contribution >= 0.6 is 0 Å². The lowest BCUT2D eigenvalue weighted by atomic mass is 9.97. The maximum absolute atomic E-state index is 13.1. The van der Waals surface area contributed by atoms with Gasteiger partial charge in [-0.05, 0) is 68.3 Å². The summed E-state index contributed by atoms with van der Waals surface area (Å²) in [6, 6.07) is 13.1. The minimum Gasteiger partial charge on any atom is -0.494 e. The van der Waals surface area contributed by atoms with Gasteiger partial charge in [-0.1, -0.05) is 0 Å². The molecule has 0 atom stereocenters. The molecule has 1 aromatic heterocycles. The van der Waals surface area contributed by atoms with Crippen LogP contribution in [0, 0.1) is 5.82 Å². The van der Waals surface area contributed by atoms with E-state index in [1.807, 2.05) is 31.2 Å². The van der Waals surface area contributed by atoms with E-state index in [4.69, 9.17) is 9.15 Å². The van der Waals surface area contributed by atoms with Gasteiger partial charge in [0.25, 0.3) is 0 Å². The first-order valence-corrected chi connectivity index (χ1v) is 10.0. The van der Waals surface area contributed by atoms with Gasteiger partial charge in [-0.2, -0.15) is 0 Å². The summed E-state index contributed by atoms with van der Waals surface area (Å²) in [5.41, 5.74) is 1.41. The van der Waals surface area contributed by atoms with Gasteiger partial charge in [0.05, 0.1) is 6.61 Å². The molecule has 8 heteroatoms. The fourth-order valence-electron chi connectivity index (χ4n) is 3.44. The Labute approximate surface area is 173 Å². The Morgan fingerprint density at radius 1 is 1.13 bits per heavy atom. The van der Waals surface area contributed by atoms with Gasteiger partial charge in [0.2, 0.25) is 11.8 Å². The second-order valence-electron chi connectivity index (χ2n) is 7.10. The summed E-state index contributed by atoms with van der Waals surface area (Å²) < 4.78 is 24.3. The molecule has 2 amide bonds. The fraction of sp³-hybridized carbons (Fsp3) is 0.318. The van der Waals surface area contributed by atoms with Gasteiger partial charge < -0.3 is 19.4 Å². The number of nitrogens with one attached hydrogen (secondary N) is 1. The summed E-state index contributed by atoms with van der Waals surface area (Å²) in [5.74, 6) is 1.49. The maximum atomic E-state index is 13.1. The molecular weight excluding hydrogens is 387 g/mol. The number of halogens is 1. The van der Waals surface area contributed by atoms with Crippen LogP contribution in [0.15, 0.2) is 52.9 Å². The van der Waals surface area contributed by atoms with Crippen molar-refractivity contribution in [1.82, 2.24) is 15.1 Å². The molecule has 0 bridgehead atoms. The van der Waals surface area contributed by atoms with E-state index in [9.17, 15) is 9.18 Å². The second kappa shape index (κ2) is 8.94. The van der Waals surface area contributed by atoms with Crippen molar-refractivity contribution in [2.75, 3.05) is 25.0 Å². The molecule has 1 aliphatic rings. The number of benzene rings is 2. The molecule has 1 aliphatic heterocycles. The quantitative estimate of drug-likeness (QED) is 0.660. The lowest BCUT2D eigenvalue weighted by molar-refractivity contribution is 0.190. The van der Waals surface area contributed by atoms with Crippen LogP contribution in [-0.4, -0.2) is 40.8 Å². The van der Waals surface area contributed by atoms with Gasteiger partial charge in [0.1, 0.15) is 11.6 Å². The number of amides is 2. The van der Waals surface area contributed by atoms with Crippen LogP contribution in [0.3, 0.4) is 0 Å². The predicted octanol–water partition coefficient (Wildman–Crippen LogP) is 4.69. The number of urea groups is 1. The van der Waals surface area contributed by atoms with Crippen LogP contribution in [-0.2, 0) is 0 Å². The van der Waals surface area contributed by atoms with Gasteiger partial charge in [-0.15, -0.1) is 10.2 Å². The highest BCUT2D eigenvalue weighted by atomic mass is 19.1. The minimum absolute atomic E-state index is 0.0984. The number of rotatable bonds is 5. The number of aromatic nitrogens is 2. The fourth-order valence-corrected chi connectivity index (χ4v) is 3.44. The molecule has 30 heavy (non-hydrogen) atoms. The third kappa shape index (κ3) is 4.59. The topological polar surface area (TPSA) is 80.5 Å². The first-order valence-electron chi connectivity index (χ1n) is 10.0. The molecule has 0 radical (unpaired) electrons. The highest BCUT2D eigenvalue weighted by Crippen LogP contribution is 2.29. The smallest absolute Gasteiger partial charge is 0.321 e. The molecule has 0 saturated carbocycles. The molecular formula is C22H23FN4O3. The van der Waals surface area contributed by atoms with Crippen molar-refractivity contribution in [1.29, 1.82) is 0 Å². The van der Waals surface area contributed by atoms with E-state index in [0.717, 1.165) is 24.3 Å². The molecule has 0 aliphatic carbocycles. The van der Waals surface area contributed by atoms with Crippen LogP contribution in [0.2, 0.25) is 0 Å². The van der Waals surface area contributed by atoms with Crippen molar-refractivity contribution >= 4 is 11.7 Å². The number of piperidine rings is 1. The molecule has 2 aromatic carbocycles. The molecule has 0 spiro atoms. The highest BCUT2D eigenvalue weighted by molar-refractivity contribution is 5.89. The number of ether oxygens (including phenoxy) is 1. The van der Waals surface area contributed by atoms with Gasteiger partial charge >= 0.3 is 6.03 Å². The van der Waals surface area contributed by atoms with Gasteiger partial charge in [0.15, 0.2) is 0 Å². The molecule has 3 aromatic rings. The van der Waals surface area contributed by atoms with Crippen molar-refractivity contribution in [2.45, 2.75) is 25.7 Å². The zero-order valence-electron chi connectivity index (χ0n) is 16.7. The summed E-state index contributed by atoms with van der Waals surface area (Å²) in [6.45, 7) is 3.73. The molecule has 1 saturated heterocycles. The molecule has 1 fully saturated rings. The number of nitrogens with zero attached hydrogens (tertiary/aromatic N) is 3. The van der Waals surface area contributed by atoms with Gasteiger partial charge in [-0.3, -0.25) is 0 Å². The Bertz CT molecular complexity index is 980. The number of likely N-dealkylation sites (tertiary alicyclic amines) is 1. The van der Waals surface area contributed by atoms with Crippen LogP contribution in [0.25, 0.3) is 11.5 Å². The van der Waals surface area contributed by atoms with Crippen LogP contribution in [0.5, 0.6) is 5.75 Å².